The maximum atomic E-state index is 12.5. The largest absolute Gasteiger partial charge is 0.494 e. The average molecular weight is 361 g/mol. The zero-order valence-corrected chi connectivity index (χ0v) is 16.1. The van der Waals surface area contributed by atoms with Crippen LogP contribution in [0.25, 0.3) is 0 Å². The Labute approximate surface area is 156 Å². The van der Waals surface area contributed by atoms with E-state index in [4.69, 9.17) is 9.84 Å². The van der Waals surface area contributed by atoms with E-state index in [-0.39, 0.29) is 24.1 Å². The molecule has 1 unspecified atom stereocenters. The topological polar surface area (TPSA) is 65.0 Å². The fourth-order valence-electron chi connectivity index (χ4n) is 4.46. The summed E-state index contributed by atoms with van der Waals surface area (Å²) in [4.78, 5) is 16.9. The number of urea groups is 1. The molecule has 0 radical (unpaired) electrons. The number of ether oxygens (including phenoxy) is 1. The molecule has 2 amide bonds. The molecule has 26 heavy (non-hydrogen) atoms. The van der Waals surface area contributed by atoms with E-state index in [1.54, 1.807) is 0 Å². The molecule has 144 valence electrons. The first-order chi connectivity index (χ1) is 12.4. The molecule has 0 aromatic heterocycles. The first-order valence-electron chi connectivity index (χ1n) is 9.57. The van der Waals surface area contributed by atoms with Crippen molar-refractivity contribution in [3.05, 3.63) is 24.3 Å². The van der Waals surface area contributed by atoms with Crippen LogP contribution in [0.3, 0.4) is 0 Å². The van der Waals surface area contributed by atoms with Crippen molar-refractivity contribution in [2.45, 2.75) is 33.2 Å². The van der Waals surface area contributed by atoms with Crippen molar-refractivity contribution >= 4 is 11.7 Å². The number of benzene rings is 1. The second kappa shape index (κ2) is 7.74. The van der Waals surface area contributed by atoms with E-state index in [0.29, 0.717) is 25.6 Å². The van der Waals surface area contributed by atoms with Gasteiger partial charge in [0.05, 0.1) is 19.3 Å². The number of anilines is 1. The Morgan fingerprint density at radius 1 is 1.27 bits per heavy atom. The molecule has 3 aliphatic rings. The molecule has 3 saturated heterocycles. The molecule has 3 fully saturated rings. The first-order valence-corrected chi connectivity index (χ1v) is 9.57. The van der Waals surface area contributed by atoms with Crippen molar-refractivity contribution in [1.82, 2.24) is 10.2 Å². The van der Waals surface area contributed by atoms with E-state index >= 15 is 0 Å². The van der Waals surface area contributed by atoms with E-state index < -0.39 is 0 Å². The minimum absolute atomic E-state index is 0.0315. The van der Waals surface area contributed by atoms with Crippen LogP contribution in [0.15, 0.2) is 24.3 Å². The number of amides is 2. The molecule has 4 rings (SSSR count). The van der Waals surface area contributed by atoms with Gasteiger partial charge in [-0.25, -0.2) is 4.79 Å². The Hall–Kier alpha value is -1.95. The Kier molecular flexibility index (Phi) is 5.61. The number of rotatable bonds is 5. The van der Waals surface area contributed by atoms with Crippen LogP contribution in [0.4, 0.5) is 10.5 Å². The predicted molar refractivity (Wildman–Crippen MR) is 103 cm³/mol. The van der Waals surface area contributed by atoms with E-state index in [1.807, 2.05) is 24.0 Å². The van der Waals surface area contributed by atoms with Gasteiger partial charge in [-0.05, 0) is 48.9 Å². The molecule has 0 saturated carbocycles. The van der Waals surface area contributed by atoms with Gasteiger partial charge in [0.15, 0.2) is 0 Å². The summed E-state index contributed by atoms with van der Waals surface area (Å²) >= 11 is 0. The molecule has 1 aromatic carbocycles. The lowest BCUT2D eigenvalue weighted by atomic mass is 9.73. The number of nitrogens with one attached hydrogen (secondary N) is 1. The summed E-state index contributed by atoms with van der Waals surface area (Å²) in [6.07, 6.45) is 1.12. The van der Waals surface area contributed by atoms with Crippen molar-refractivity contribution in [3.8, 4) is 5.75 Å². The number of aliphatic hydroxyl groups is 1. The Morgan fingerprint density at radius 2 is 2.00 bits per heavy atom. The van der Waals surface area contributed by atoms with Gasteiger partial charge in [-0.2, -0.15) is 0 Å². The van der Waals surface area contributed by atoms with Gasteiger partial charge in [0.2, 0.25) is 0 Å². The maximum absolute atomic E-state index is 12.5. The molecule has 2 N–H and O–H groups in total. The van der Waals surface area contributed by atoms with Gasteiger partial charge in [0.1, 0.15) is 5.75 Å². The highest BCUT2D eigenvalue weighted by atomic mass is 16.5. The highest BCUT2D eigenvalue weighted by Gasteiger charge is 2.46. The summed E-state index contributed by atoms with van der Waals surface area (Å²) in [5.74, 6) is 1.33. The molecule has 1 aromatic rings. The Balaban J connectivity index is 1.81. The molecule has 3 aliphatic heterocycles. The number of aliphatic hydroxyl groups excluding tert-OH is 1. The first kappa shape index (κ1) is 18.8. The SMILES string of the molecule is CCOc1ccc(N2CC3CN(C(=O)NCCO)C[C@@H]2C(C)(C)C3)cc1. The third kappa shape index (κ3) is 3.90. The zero-order valence-electron chi connectivity index (χ0n) is 16.1. The monoisotopic (exact) mass is 361 g/mol. The van der Waals surface area contributed by atoms with E-state index in [1.165, 1.54) is 5.69 Å². The van der Waals surface area contributed by atoms with Crippen molar-refractivity contribution in [2.24, 2.45) is 11.3 Å². The lowest BCUT2D eigenvalue weighted by molar-refractivity contribution is 0.185. The van der Waals surface area contributed by atoms with Gasteiger partial charge in [-0.3, -0.25) is 0 Å². The summed E-state index contributed by atoms with van der Waals surface area (Å²) in [5, 5.41) is 11.8. The average Bonchev–Trinajstić information content (AvgIpc) is 2.87. The molecule has 0 aliphatic carbocycles. The fraction of sp³-hybridized carbons (Fsp3) is 0.650. The molecule has 3 heterocycles. The second-order valence-corrected chi connectivity index (χ2v) is 8.01. The summed E-state index contributed by atoms with van der Waals surface area (Å²) in [5.41, 5.74) is 1.32. The summed E-state index contributed by atoms with van der Waals surface area (Å²) in [7, 11) is 0. The van der Waals surface area contributed by atoms with Crippen molar-refractivity contribution in [1.29, 1.82) is 0 Å². The summed E-state index contributed by atoms with van der Waals surface area (Å²) in [6.45, 7) is 9.97. The van der Waals surface area contributed by atoms with Crippen LogP contribution in [0.5, 0.6) is 5.75 Å². The molecule has 6 nitrogen and oxygen atoms in total. The molecular weight excluding hydrogens is 330 g/mol. The van der Waals surface area contributed by atoms with Gasteiger partial charge in [-0.1, -0.05) is 13.8 Å². The highest BCUT2D eigenvalue weighted by Crippen LogP contribution is 2.43. The Bertz CT molecular complexity index is 617. The normalized spacial score (nSPS) is 24.3. The van der Waals surface area contributed by atoms with Crippen molar-refractivity contribution in [2.75, 3.05) is 44.3 Å². The zero-order chi connectivity index (χ0) is 18.7. The highest BCUT2D eigenvalue weighted by molar-refractivity contribution is 5.74. The fourth-order valence-corrected chi connectivity index (χ4v) is 4.46. The van der Waals surface area contributed by atoms with Crippen LogP contribution in [-0.2, 0) is 0 Å². The van der Waals surface area contributed by atoms with E-state index in [0.717, 1.165) is 25.3 Å². The number of hydrogen-bond donors (Lipinski definition) is 2. The Morgan fingerprint density at radius 3 is 2.65 bits per heavy atom. The lowest BCUT2D eigenvalue weighted by Crippen LogP contribution is -2.54. The van der Waals surface area contributed by atoms with Crippen LogP contribution in [0.2, 0.25) is 0 Å². The number of carbonyl (C=O) groups is 1. The number of nitrogens with zero attached hydrogens (tertiary/aromatic N) is 2. The van der Waals surface area contributed by atoms with E-state index in [2.05, 4.69) is 36.2 Å². The maximum Gasteiger partial charge on any atom is 0.317 e. The second-order valence-electron chi connectivity index (χ2n) is 8.01. The molecule has 0 spiro atoms. The number of hydrogen-bond acceptors (Lipinski definition) is 4. The molecule has 2 bridgehead atoms. The van der Waals surface area contributed by atoms with Gasteiger partial charge in [-0.15, -0.1) is 0 Å². The van der Waals surface area contributed by atoms with Crippen molar-refractivity contribution < 1.29 is 14.6 Å². The summed E-state index contributed by atoms with van der Waals surface area (Å²) < 4.78 is 5.56. The van der Waals surface area contributed by atoms with Crippen LogP contribution in [0, 0.1) is 11.3 Å². The predicted octanol–water partition coefficient (Wildman–Crippen LogP) is 2.32. The number of carbonyl (C=O) groups excluding carboxylic acids is 1. The van der Waals surface area contributed by atoms with Crippen LogP contribution in [0.1, 0.15) is 27.2 Å². The van der Waals surface area contributed by atoms with Crippen molar-refractivity contribution in [3.63, 3.8) is 0 Å². The lowest BCUT2D eigenvalue weighted by Gasteiger charge is -2.48. The van der Waals surface area contributed by atoms with Crippen LogP contribution < -0.4 is 15.0 Å². The third-order valence-electron chi connectivity index (χ3n) is 5.57. The summed E-state index contributed by atoms with van der Waals surface area (Å²) in [6, 6.07) is 8.49. The molecule has 2 atom stereocenters. The van der Waals surface area contributed by atoms with Crippen LogP contribution in [-0.4, -0.2) is 61.5 Å². The van der Waals surface area contributed by atoms with Crippen LogP contribution >= 0.6 is 0 Å². The quantitative estimate of drug-likeness (QED) is 0.845. The minimum atomic E-state index is -0.0692. The molecular formula is C20H31N3O3. The third-order valence-corrected chi connectivity index (χ3v) is 5.57. The minimum Gasteiger partial charge on any atom is -0.494 e. The number of fused-ring (bicyclic) bond motifs is 4. The van der Waals surface area contributed by atoms with Gasteiger partial charge in [0.25, 0.3) is 0 Å². The standard InChI is InChI=1S/C20H31N3O3/c1-4-26-17-7-5-16(6-8-17)23-13-15-11-20(2,3)18(23)14-22(12-15)19(25)21-9-10-24/h5-8,15,18,24H,4,9-14H2,1-3H3,(H,21,25)/t15?,18-/m1/s1. The van der Waals surface area contributed by atoms with Gasteiger partial charge >= 0.3 is 6.03 Å². The van der Waals surface area contributed by atoms with Gasteiger partial charge in [0, 0.05) is 31.9 Å². The smallest absolute Gasteiger partial charge is 0.317 e. The molecule has 6 heteroatoms. The number of piperidine rings is 1. The van der Waals surface area contributed by atoms with E-state index in [9.17, 15) is 4.79 Å². The van der Waals surface area contributed by atoms with Gasteiger partial charge < -0.3 is 25.0 Å².